The van der Waals surface area contributed by atoms with Crippen LogP contribution in [0.2, 0.25) is 0 Å². The maximum Gasteiger partial charge on any atom is 0.435 e. The first kappa shape index (κ1) is 19.6. The van der Waals surface area contributed by atoms with Gasteiger partial charge in [-0.15, -0.1) is 0 Å². The third-order valence-electron chi connectivity index (χ3n) is 5.94. The lowest BCUT2D eigenvalue weighted by Gasteiger charge is -2.63. The molecule has 1 aromatic rings. The molecule has 3 aliphatic rings. The highest BCUT2D eigenvalue weighted by Gasteiger charge is 2.60. The third kappa shape index (κ3) is 2.92. The van der Waals surface area contributed by atoms with Crippen molar-refractivity contribution < 1.29 is 26.3 Å². The highest BCUT2D eigenvalue weighted by Crippen LogP contribution is 2.47. The van der Waals surface area contributed by atoms with Crippen LogP contribution in [0, 0.1) is 16.7 Å². The number of rotatable bonds is 3. The summed E-state index contributed by atoms with van der Waals surface area (Å²) in [5, 5.41) is 12.4. The van der Waals surface area contributed by atoms with E-state index < -0.39 is 32.5 Å². The molecule has 3 fully saturated rings. The van der Waals surface area contributed by atoms with Crippen molar-refractivity contribution in [3.63, 3.8) is 0 Å². The number of likely N-dealkylation sites (tertiary alicyclic amines) is 1. The summed E-state index contributed by atoms with van der Waals surface area (Å²) in [6, 6.07) is 2.96. The summed E-state index contributed by atoms with van der Waals surface area (Å²) in [6.45, 7) is 2.73. The lowest BCUT2D eigenvalue weighted by molar-refractivity contribution is -0.141. The molecule has 0 aromatic carbocycles. The number of ether oxygens (including phenoxy) is 1. The molecule has 4 heterocycles. The summed E-state index contributed by atoms with van der Waals surface area (Å²) in [7, 11) is -2.87. The maximum atomic E-state index is 12.8. The van der Waals surface area contributed by atoms with Gasteiger partial charge in [0.1, 0.15) is 5.54 Å². The molecule has 1 spiro atoms. The first-order valence-electron chi connectivity index (χ1n) is 8.87. The minimum atomic E-state index is -4.70. The van der Waals surface area contributed by atoms with Gasteiger partial charge in [0.25, 0.3) is 10.0 Å². The topological polar surface area (TPSA) is 91.5 Å². The number of hydrogen-bond donors (Lipinski definition) is 0. The number of nitriles is 1. The van der Waals surface area contributed by atoms with E-state index in [1.165, 1.54) is 11.4 Å². The highest BCUT2D eigenvalue weighted by molar-refractivity contribution is 7.89. The monoisotopic (exact) mass is 419 g/mol. The van der Waals surface area contributed by atoms with Crippen molar-refractivity contribution in [2.75, 3.05) is 39.4 Å². The largest absolute Gasteiger partial charge is 0.435 e. The molecule has 3 aliphatic heterocycles. The van der Waals surface area contributed by atoms with E-state index in [0.717, 1.165) is 4.68 Å². The molecule has 154 valence electrons. The van der Waals surface area contributed by atoms with Gasteiger partial charge in [-0.1, -0.05) is 0 Å². The van der Waals surface area contributed by atoms with Gasteiger partial charge in [-0.05, 0) is 0 Å². The van der Waals surface area contributed by atoms with E-state index in [2.05, 4.69) is 16.1 Å². The predicted molar refractivity (Wildman–Crippen MR) is 89.4 cm³/mol. The Morgan fingerprint density at radius 3 is 2.32 bits per heavy atom. The van der Waals surface area contributed by atoms with Gasteiger partial charge in [0.05, 0.1) is 6.07 Å². The van der Waals surface area contributed by atoms with Crippen LogP contribution >= 0.6 is 0 Å². The fourth-order valence-electron chi connectivity index (χ4n) is 4.31. The molecular weight excluding hydrogens is 399 g/mol. The molecule has 0 radical (unpaired) electrons. The van der Waals surface area contributed by atoms with Gasteiger partial charge in [0, 0.05) is 70.8 Å². The molecular formula is C16H20F3N5O3S. The summed E-state index contributed by atoms with van der Waals surface area (Å²) in [6.07, 6.45) is -3.46. The van der Waals surface area contributed by atoms with Crippen molar-refractivity contribution in [2.45, 2.75) is 29.6 Å². The highest BCUT2D eigenvalue weighted by atomic mass is 32.2. The normalized spacial score (nSPS) is 25.1. The van der Waals surface area contributed by atoms with Gasteiger partial charge < -0.3 is 4.74 Å². The fourth-order valence-corrected chi connectivity index (χ4v) is 6.10. The third-order valence-corrected chi connectivity index (χ3v) is 7.79. The zero-order valence-corrected chi connectivity index (χ0v) is 16.1. The number of nitrogens with zero attached hydrogens (tertiary/aromatic N) is 5. The van der Waals surface area contributed by atoms with Crippen LogP contribution in [0.25, 0.3) is 0 Å². The Morgan fingerprint density at radius 2 is 1.82 bits per heavy atom. The molecule has 28 heavy (non-hydrogen) atoms. The smallest absolute Gasteiger partial charge is 0.381 e. The molecule has 12 heteroatoms. The van der Waals surface area contributed by atoms with Crippen molar-refractivity contribution >= 4 is 10.0 Å². The average Bonchev–Trinajstić information content (AvgIpc) is 2.96. The average molecular weight is 419 g/mol. The quantitative estimate of drug-likeness (QED) is 0.721. The van der Waals surface area contributed by atoms with Gasteiger partial charge in [-0.2, -0.15) is 27.8 Å². The van der Waals surface area contributed by atoms with Crippen LogP contribution in [-0.2, 0) is 28.0 Å². The zero-order valence-electron chi connectivity index (χ0n) is 15.2. The van der Waals surface area contributed by atoms with E-state index in [4.69, 9.17) is 4.74 Å². The second-order valence-electron chi connectivity index (χ2n) is 7.87. The van der Waals surface area contributed by atoms with Gasteiger partial charge >= 0.3 is 6.18 Å². The number of aromatic nitrogens is 2. The van der Waals surface area contributed by atoms with Crippen LogP contribution in [-0.4, -0.2) is 72.3 Å². The van der Waals surface area contributed by atoms with Crippen LogP contribution in [0.5, 0.6) is 0 Å². The zero-order chi connectivity index (χ0) is 20.4. The summed E-state index contributed by atoms with van der Waals surface area (Å²) in [5.74, 6) is 0. The number of alkyl halides is 3. The van der Waals surface area contributed by atoms with Crippen LogP contribution in [0.4, 0.5) is 13.2 Å². The molecule has 0 atom stereocenters. The maximum absolute atomic E-state index is 12.8. The molecule has 0 saturated carbocycles. The number of sulfonamides is 1. The Labute approximate surface area is 160 Å². The number of aryl methyl sites for hydroxylation is 1. The summed E-state index contributed by atoms with van der Waals surface area (Å²) in [5.41, 5.74) is -2.03. The van der Waals surface area contributed by atoms with Crippen LogP contribution in [0.15, 0.2) is 11.1 Å². The number of halogens is 3. The molecule has 1 aromatic heterocycles. The van der Waals surface area contributed by atoms with Gasteiger partial charge in [0.15, 0.2) is 10.7 Å². The first-order chi connectivity index (χ1) is 13.0. The van der Waals surface area contributed by atoms with E-state index in [1.54, 1.807) is 0 Å². The minimum absolute atomic E-state index is 0.233. The van der Waals surface area contributed by atoms with Crippen LogP contribution in [0.3, 0.4) is 0 Å². The lowest BCUT2D eigenvalue weighted by Crippen LogP contribution is -2.76. The summed E-state index contributed by atoms with van der Waals surface area (Å²) < 4.78 is 71.2. The molecule has 8 nitrogen and oxygen atoms in total. The van der Waals surface area contributed by atoms with Crippen LogP contribution in [0.1, 0.15) is 18.5 Å². The molecule has 0 aliphatic carbocycles. The fraction of sp³-hybridized carbons (Fsp3) is 0.750. The minimum Gasteiger partial charge on any atom is -0.381 e. The van der Waals surface area contributed by atoms with Crippen molar-refractivity contribution in [3.8, 4) is 6.07 Å². The second kappa shape index (κ2) is 6.16. The lowest BCUT2D eigenvalue weighted by atomic mass is 9.70. The van der Waals surface area contributed by atoms with Crippen LogP contribution < -0.4 is 0 Å². The molecule has 3 saturated heterocycles. The molecule has 0 bridgehead atoms. The van der Waals surface area contributed by atoms with E-state index in [-0.39, 0.29) is 18.5 Å². The Balaban J connectivity index is 1.43. The van der Waals surface area contributed by atoms with Gasteiger partial charge in [-0.25, -0.2) is 8.42 Å². The molecule has 0 N–H and O–H groups in total. The Morgan fingerprint density at radius 1 is 1.21 bits per heavy atom. The van der Waals surface area contributed by atoms with Crippen molar-refractivity contribution in [1.82, 2.24) is 19.0 Å². The van der Waals surface area contributed by atoms with Gasteiger partial charge in [-0.3, -0.25) is 9.58 Å². The van der Waals surface area contributed by atoms with Gasteiger partial charge in [0.2, 0.25) is 0 Å². The van der Waals surface area contributed by atoms with E-state index >= 15 is 0 Å². The van der Waals surface area contributed by atoms with E-state index in [9.17, 15) is 26.9 Å². The molecule has 4 rings (SSSR count). The Bertz CT molecular complexity index is 916. The SMILES string of the molecule is Cn1nc(C(F)(F)F)cc1S(=O)(=O)N1CC2(CN(C3(C#N)CCOCC3)C2)C1. The Kier molecular flexibility index (Phi) is 4.32. The second-order valence-corrected chi connectivity index (χ2v) is 9.76. The predicted octanol–water partition coefficient (Wildman–Crippen LogP) is 0.818. The van der Waals surface area contributed by atoms with Crippen molar-refractivity contribution in [3.05, 3.63) is 11.8 Å². The number of hydrogen-bond acceptors (Lipinski definition) is 6. The summed E-state index contributed by atoms with van der Waals surface area (Å²) in [4.78, 5) is 2.07. The Hall–Kier alpha value is -1.68. The molecule has 0 amide bonds. The van der Waals surface area contributed by atoms with Crippen molar-refractivity contribution in [1.29, 1.82) is 5.26 Å². The van der Waals surface area contributed by atoms with Crippen molar-refractivity contribution in [2.24, 2.45) is 12.5 Å². The van der Waals surface area contributed by atoms with E-state index in [1.807, 2.05) is 0 Å². The first-order valence-corrected chi connectivity index (χ1v) is 10.3. The summed E-state index contributed by atoms with van der Waals surface area (Å²) >= 11 is 0. The van der Waals surface area contributed by atoms with E-state index in [0.29, 0.717) is 45.2 Å². The standard InChI is InChI=1S/C16H20F3N5O3S/c1-22-13(6-12(21-22)16(17,18)19)28(25,26)24-10-14(11-24)8-23(9-14)15(7-20)2-4-27-5-3-15/h6H,2-5,8-11H2,1H3. The molecule has 0 unspecified atom stereocenters.